The smallest absolute Gasteiger partial charge is 0.187 e. The van der Waals surface area contributed by atoms with Crippen molar-refractivity contribution in [3.63, 3.8) is 0 Å². The number of benzene rings is 2. The summed E-state index contributed by atoms with van der Waals surface area (Å²) >= 11 is 11.4. The molecule has 0 unspecified atom stereocenters. The first kappa shape index (κ1) is 14.9. The maximum atomic E-state index is 13.9. The predicted octanol–water partition coefficient (Wildman–Crippen LogP) is 4.50. The molecule has 2 nitrogen and oxygen atoms in total. The molecule has 0 aliphatic rings. The number of rotatable bonds is 2. The third kappa shape index (κ3) is 2.30. The van der Waals surface area contributed by atoms with Gasteiger partial charge in [-0.2, -0.15) is 0 Å². The van der Waals surface area contributed by atoms with Gasteiger partial charge in [0.1, 0.15) is 5.69 Å². The number of hydrogen-bond acceptors (Lipinski definition) is 2. The normalized spacial score (nSPS) is 10.8. The Labute approximate surface area is 121 Å². The molecule has 3 N–H and O–H groups in total. The molecule has 0 saturated carbocycles. The molecular weight excluding hydrogens is 319 g/mol. The zero-order valence-electron chi connectivity index (χ0n) is 9.58. The standard InChI is InChI=1S/C12H6Cl2F4N2/c13-5-2-1-4(3-6(5)14)7-8(15)10(17)12(20-19)11(18)9(7)16/h1-3,20H,19H2. The summed E-state index contributed by atoms with van der Waals surface area (Å²) < 4.78 is 54.9. The van der Waals surface area contributed by atoms with E-state index in [-0.39, 0.29) is 15.6 Å². The molecule has 106 valence electrons. The summed E-state index contributed by atoms with van der Waals surface area (Å²) in [4.78, 5) is 0. The van der Waals surface area contributed by atoms with Crippen molar-refractivity contribution in [2.75, 3.05) is 5.43 Å². The zero-order chi connectivity index (χ0) is 15.0. The minimum Gasteiger partial charge on any atom is -0.319 e. The van der Waals surface area contributed by atoms with Crippen LogP contribution in [-0.4, -0.2) is 0 Å². The monoisotopic (exact) mass is 324 g/mol. The molecule has 0 amide bonds. The third-order valence-electron chi connectivity index (χ3n) is 2.62. The van der Waals surface area contributed by atoms with Crippen LogP contribution < -0.4 is 11.3 Å². The minimum absolute atomic E-state index is 0.00944. The fraction of sp³-hybridized carbons (Fsp3) is 0. The predicted molar refractivity (Wildman–Crippen MR) is 69.5 cm³/mol. The van der Waals surface area contributed by atoms with Crippen molar-refractivity contribution in [3.8, 4) is 11.1 Å². The van der Waals surface area contributed by atoms with Gasteiger partial charge in [0.25, 0.3) is 0 Å². The lowest BCUT2D eigenvalue weighted by Gasteiger charge is -2.12. The molecule has 0 aliphatic heterocycles. The van der Waals surface area contributed by atoms with Crippen LogP contribution in [0.5, 0.6) is 0 Å². The second kappa shape index (κ2) is 5.47. The molecule has 0 saturated heterocycles. The van der Waals surface area contributed by atoms with E-state index in [1.807, 2.05) is 0 Å². The van der Waals surface area contributed by atoms with Gasteiger partial charge in [0.15, 0.2) is 23.3 Å². The first-order chi connectivity index (χ1) is 9.38. The molecule has 0 spiro atoms. The summed E-state index contributed by atoms with van der Waals surface area (Å²) in [5.41, 5.74) is -0.574. The van der Waals surface area contributed by atoms with Crippen LogP contribution >= 0.6 is 23.2 Å². The van der Waals surface area contributed by atoms with Crippen LogP contribution in [0.2, 0.25) is 10.0 Å². The Balaban J connectivity index is 2.77. The maximum Gasteiger partial charge on any atom is 0.187 e. The molecule has 8 heteroatoms. The van der Waals surface area contributed by atoms with Crippen LogP contribution in [0.3, 0.4) is 0 Å². The molecule has 2 aromatic rings. The van der Waals surface area contributed by atoms with E-state index in [1.165, 1.54) is 12.1 Å². The number of anilines is 1. The van der Waals surface area contributed by atoms with Crippen LogP contribution in [0.4, 0.5) is 23.2 Å². The third-order valence-corrected chi connectivity index (χ3v) is 3.36. The number of nitrogens with one attached hydrogen (secondary N) is 1. The number of nitrogen functional groups attached to an aromatic ring is 1. The molecule has 2 aromatic carbocycles. The minimum atomic E-state index is -1.63. The first-order valence-corrected chi connectivity index (χ1v) is 5.92. The zero-order valence-corrected chi connectivity index (χ0v) is 11.1. The fourth-order valence-corrected chi connectivity index (χ4v) is 1.96. The van der Waals surface area contributed by atoms with Crippen LogP contribution in [0, 0.1) is 23.3 Å². The summed E-state index contributed by atoms with van der Waals surface area (Å²) in [7, 11) is 0. The van der Waals surface area contributed by atoms with Gasteiger partial charge in [0, 0.05) is 0 Å². The molecule has 0 bridgehead atoms. The summed E-state index contributed by atoms with van der Waals surface area (Å²) in [5.74, 6) is -1.62. The van der Waals surface area contributed by atoms with Gasteiger partial charge in [-0.15, -0.1) is 0 Å². The number of hydrogen-bond donors (Lipinski definition) is 2. The van der Waals surface area contributed by atoms with Crippen LogP contribution in [0.25, 0.3) is 11.1 Å². The van der Waals surface area contributed by atoms with E-state index in [9.17, 15) is 17.6 Å². The summed E-state index contributed by atoms with van der Waals surface area (Å²) in [6, 6.07) is 3.53. The van der Waals surface area contributed by atoms with Crippen molar-refractivity contribution < 1.29 is 17.6 Å². The van der Waals surface area contributed by atoms with Crippen molar-refractivity contribution in [3.05, 3.63) is 51.5 Å². The van der Waals surface area contributed by atoms with Crippen molar-refractivity contribution >= 4 is 28.9 Å². The van der Waals surface area contributed by atoms with Crippen molar-refractivity contribution in [1.82, 2.24) is 0 Å². The van der Waals surface area contributed by atoms with Crippen LogP contribution in [-0.2, 0) is 0 Å². The highest BCUT2D eigenvalue weighted by Crippen LogP contribution is 2.36. The molecule has 0 heterocycles. The van der Waals surface area contributed by atoms with Gasteiger partial charge in [0.05, 0.1) is 15.6 Å². The highest BCUT2D eigenvalue weighted by molar-refractivity contribution is 6.42. The van der Waals surface area contributed by atoms with E-state index >= 15 is 0 Å². The lowest BCUT2D eigenvalue weighted by atomic mass is 10.0. The van der Waals surface area contributed by atoms with Gasteiger partial charge in [-0.1, -0.05) is 29.3 Å². The highest BCUT2D eigenvalue weighted by Gasteiger charge is 2.26. The van der Waals surface area contributed by atoms with Gasteiger partial charge >= 0.3 is 0 Å². The average Bonchev–Trinajstić information content (AvgIpc) is 2.41. The van der Waals surface area contributed by atoms with E-state index in [4.69, 9.17) is 29.0 Å². The van der Waals surface area contributed by atoms with E-state index in [1.54, 1.807) is 5.43 Å². The Kier molecular flexibility index (Phi) is 4.08. The van der Waals surface area contributed by atoms with Crippen LogP contribution in [0.15, 0.2) is 18.2 Å². The molecule has 2 rings (SSSR count). The summed E-state index contributed by atoms with van der Waals surface area (Å²) in [6.45, 7) is 0. The average molecular weight is 325 g/mol. The van der Waals surface area contributed by atoms with Crippen molar-refractivity contribution in [2.45, 2.75) is 0 Å². The Morgan fingerprint density at radius 3 is 1.85 bits per heavy atom. The second-order valence-electron chi connectivity index (χ2n) is 3.78. The molecule has 20 heavy (non-hydrogen) atoms. The van der Waals surface area contributed by atoms with Gasteiger partial charge in [0.2, 0.25) is 0 Å². The maximum absolute atomic E-state index is 13.9. The molecule has 0 aromatic heterocycles. The molecule has 0 aliphatic carbocycles. The quantitative estimate of drug-likeness (QED) is 0.369. The molecule has 0 atom stereocenters. The molecule has 0 radical (unpaired) electrons. The highest BCUT2D eigenvalue weighted by atomic mass is 35.5. The van der Waals surface area contributed by atoms with Crippen LogP contribution in [0.1, 0.15) is 0 Å². The number of halogens is 6. The van der Waals surface area contributed by atoms with Crippen molar-refractivity contribution in [2.24, 2.45) is 5.84 Å². The molecular formula is C12H6Cl2F4N2. The summed E-state index contributed by atoms with van der Waals surface area (Å²) in [6.07, 6.45) is 0. The van der Waals surface area contributed by atoms with E-state index in [0.29, 0.717) is 0 Å². The number of hydrazine groups is 1. The SMILES string of the molecule is NNc1c(F)c(F)c(-c2ccc(Cl)c(Cl)c2)c(F)c1F. The van der Waals surface area contributed by atoms with Gasteiger partial charge in [-0.05, 0) is 17.7 Å². The Bertz CT molecular complexity index is 663. The molecule has 0 fully saturated rings. The Hall–Kier alpha value is -1.50. The van der Waals surface area contributed by atoms with Gasteiger partial charge < -0.3 is 5.43 Å². The first-order valence-electron chi connectivity index (χ1n) is 5.16. The summed E-state index contributed by atoms with van der Waals surface area (Å²) in [5, 5.41) is 0.127. The van der Waals surface area contributed by atoms with Gasteiger partial charge in [-0.25, -0.2) is 17.6 Å². The van der Waals surface area contributed by atoms with E-state index < -0.39 is 34.5 Å². The van der Waals surface area contributed by atoms with Crippen molar-refractivity contribution in [1.29, 1.82) is 0 Å². The van der Waals surface area contributed by atoms with E-state index in [0.717, 1.165) is 6.07 Å². The van der Waals surface area contributed by atoms with E-state index in [2.05, 4.69) is 0 Å². The largest absolute Gasteiger partial charge is 0.319 e. The Morgan fingerprint density at radius 1 is 0.850 bits per heavy atom. The second-order valence-corrected chi connectivity index (χ2v) is 4.59. The number of nitrogens with two attached hydrogens (primary N) is 1. The Morgan fingerprint density at radius 2 is 1.40 bits per heavy atom. The lowest BCUT2D eigenvalue weighted by molar-refractivity contribution is 0.463. The lowest BCUT2D eigenvalue weighted by Crippen LogP contribution is -2.14. The fourth-order valence-electron chi connectivity index (χ4n) is 1.66. The van der Waals surface area contributed by atoms with Gasteiger partial charge in [-0.3, -0.25) is 5.84 Å². The topological polar surface area (TPSA) is 38.0 Å².